The number of nitrogens with zero attached hydrogens (tertiary/aromatic N) is 3. The molecule has 0 radical (unpaired) electrons. The van der Waals surface area contributed by atoms with E-state index >= 15 is 0 Å². The van der Waals surface area contributed by atoms with Crippen LogP contribution in [0.5, 0.6) is 0 Å². The van der Waals surface area contributed by atoms with Gasteiger partial charge in [0.15, 0.2) is 0 Å². The summed E-state index contributed by atoms with van der Waals surface area (Å²) < 4.78 is 27.2. The van der Waals surface area contributed by atoms with Gasteiger partial charge in [-0.1, -0.05) is 13.0 Å². The number of piperazine rings is 1. The first-order chi connectivity index (χ1) is 12.8. The van der Waals surface area contributed by atoms with Crippen molar-refractivity contribution < 1.29 is 13.2 Å². The molecule has 1 amide bonds. The number of amides is 1. The minimum atomic E-state index is -3.52. The minimum absolute atomic E-state index is 0.00572. The maximum absolute atomic E-state index is 12.9. The Labute approximate surface area is 164 Å². The molecule has 2 heterocycles. The molecular weight excluding hydrogens is 382 g/mol. The van der Waals surface area contributed by atoms with Crippen LogP contribution in [-0.2, 0) is 27.7 Å². The highest BCUT2D eigenvalue weighted by Crippen LogP contribution is 2.21. The Balaban J connectivity index is 1.62. The average molecular weight is 408 g/mol. The first-order valence-electron chi connectivity index (χ1n) is 9.09. The molecule has 1 aromatic heterocycles. The smallest absolute Gasteiger partial charge is 0.243 e. The number of sulfonamides is 1. The van der Waals surface area contributed by atoms with Crippen molar-refractivity contribution in [2.24, 2.45) is 0 Å². The van der Waals surface area contributed by atoms with Crippen molar-refractivity contribution in [2.75, 3.05) is 26.2 Å². The quantitative estimate of drug-likeness (QED) is 0.763. The van der Waals surface area contributed by atoms with Crippen LogP contribution in [0, 0.1) is 13.8 Å². The number of benzene rings is 1. The van der Waals surface area contributed by atoms with Crippen molar-refractivity contribution in [3.05, 3.63) is 45.4 Å². The van der Waals surface area contributed by atoms with Crippen molar-refractivity contribution in [2.45, 2.75) is 38.5 Å². The summed E-state index contributed by atoms with van der Waals surface area (Å²) in [6, 6.07) is 5.21. The number of hydrogen-bond donors (Lipinski definition) is 0. The van der Waals surface area contributed by atoms with Gasteiger partial charge in [-0.05, 0) is 43.5 Å². The van der Waals surface area contributed by atoms with Crippen molar-refractivity contribution in [3.8, 4) is 0 Å². The molecule has 2 aromatic rings. The van der Waals surface area contributed by atoms with Crippen LogP contribution in [-0.4, -0.2) is 54.7 Å². The number of rotatable bonds is 5. The van der Waals surface area contributed by atoms with Crippen molar-refractivity contribution in [1.82, 2.24) is 14.2 Å². The van der Waals surface area contributed by atoms with E-state index in [-0.39, 0.29) is 12.3 Å². The average Bonchev–Trinajstić information content (AvgIpc) is 3.11. The summed E-state index contributed by atoms with van der Waals surface area (Å²) in [6.07, 6.45) is 1.15. The Morgan fingerprint density at radius 3 is 2.44 bits per heavy atom. The fourth-order valence-electron chi connectivity index (χ4n) is 3.06. The van der Waals surface area contributed by atoms with Crippen molar-refractivity contribution in [3.63, 3.8) is 0 Å². The Bertz CT molecular complexity index is 929. The third-order valence-corrected chi connectivity index (χ3v) is 7.88. The summed E-state index contributed by atoms with van der Waals surface area (Å²) in [5.74, 6) is 0.00572. The van der Waals surface area contributed by atoms with E-state index in [1.54, 1.807) is 28.4 Å². The summed E-state index contributed by atoms with van der Waals surface area (Å²) in [6.45, 7) is 7.37. The fourth-order valence-corrected chi connectivity index (χ4v) is 5.31. The third kappa shape index (κ3) is 4.39. The van der Waals surface area contributed by atoms with E-state index < -0.39 is 10.0 Å². The van der Waals surface area contributed by atoms with E-state index in [0.717, 1.165) is 28.2 Å². The molecule has 6 nitrogen and oxygen atoms in total. The number of carbonyl (C=O) groups is 1. The second-order valence-electron chi connectivity index (χ2n) is 6.79. The zero-order chi connectivity index (χ0) is 19.6. The van der Waals surface area contributed by atoms with Crippen LogP contribution < -0.4 is 0 Å². The van der Waals surface area contributed by atoms with Crippen LogP contribution in [0.2, 0.25) is 0 Å². The second-order valence-corrected chi connectivity index (χ2v) is 9.67. The molecule has 0 bridgehead atoms. The SMILES string of the molecule is CCc1nc(CC(=O)N2CCN(S(=O)(=O)c3ccc(C)c(C)c3)CC2)cs1. The normalized spacial score (nSPS) is 15.9. The van der Waals surface area contributed by atoms with Crippen molar-refractivity contribution in [1.29, 1.82) is 0 Å². The van der Waals surface area contributed by atoms with Crippen LogP contribution in [0.4, 0.5) is 0 Å². The maximum atomic E-state index is 12.9. The molecule has 8 heteroatoms. The van der Waals surface area contributed by atoms with Gasteiger partial charge >= 0.3 is 0 Å². The Hall–Kier alpha value is -1.77. The topological polar surface area (TPSA) is 70.6 Å². The summed E-state index contributed by atoms with van der Waals surface area (Å²) in [4.78, 5) is 19.0. The number of carbonyl (C=O) groups excluding carboxylic acids is 1. The zero-order valence-corrected chi connectivity index (χ0v) is 17.6. The van der Waals surface area contributed by atoms with E-state index in [1.807, 2.05) is 32.2 Å². The predicted octanol–water partition coefficient (Wildman–Crippen LogP) is 2.40. The van der Waals surface area contributed by atoms with Crippen LogP contribution in [0.3, 0.4) is 0 Å². The van der Waals surface area contributed by atoms with E-state index in [9.17, 15) is 13.2 Å². The molecule has 0 N–H and O–H groups in total. The minimum Gasteiger partial charge on any atom is -0.340 e. The van der Waals surface area contributed by atoms with Crippen LogP contribution in [0.25, 0.3) is 0 Å². The lowest BCUT2D eigenvalue weighted by Gasteiger charge is -2.34. The summed E-state index contributed by atoms with van der Waals surface area (Å²) in [7, 11) is -3.52. The largest absolute Gasteiger partial charge is 0.340 e. The lowest BCUT2D eigenvalue weighted by molar-refractivity contribution is -0.131. The van der Waals surface area contributed by atoms with Gasteiger partial charge in [-0.25, -0.2) is 13.4 Å². The lowest BCUT2D eigenvalue weighted by Crippen LogP contribution is -2.50. The highest BCUT2D eigenvalue weighted by molar-refractivity contribution is 7.89. The van der Waals surface area contributed by atoms with Gasteiger partial charge in [-0.15, -0.1) is 11.3 Å². The number of hydrogen-bond acceptors (Lipinski definition) is 5. The summed E-state index contributed by atoms with van der Waals surface area (Å²) in [5.41, 5.74) is 2.82. The Morgan fingerprint density at radius 2 is 1.85 bits per heavy atom. The van der Waals surface area contributed by atoms with Gasteiger partial charge in [0.05, 0.1) is 22.0 Å². The standard InChI is InChI=1S/C19H25N3O3S2/c1-4-18-20-16(13-26-18)12-19(23)21-7-9-22(10-8-21)27(24,25)17-6-5-14(2)15(3)11-17/h5-6,11,13H,4,7-10,12H2,1-3H3. The van der Waals surface area contributed by atoms with Crippen LogP contribution >= 0.6 is 11.3 Å². The molecule has 0 aliphatic carbocycles. The second kappa shape index (κ2) is 8.08. The van der Waals surface area contributed by atoms with E-state index in [2.05, 4.69) is 4.98 Å². The Kier molecular flexibility index (Phi) is 5.98. The first kappa shape index (κ1) is 20.0. The van der Waals surface area contributed by atoms with Crippen molar-refractivity contribution >= 4 is 27.3 Å². The van der Waals surface area contributed by atoms with E-state index in [1.165, 1.54) is 4.31 Å². The molecular formula is C19H25N3O3S2. The molecule has 1 fully saturated rings. The fraction of sp³-hybridized carbons (Fsp3) is 0.474. The molecule has 0 unspecified atom stereocenters. The van der Waals surface area contributed by atoms with Gasteiger partial charge in [0, 0.05) is 31.6 Å². The van der Waals surface area contributed by atoms with Gasteiger partial charge in [0.1, 0.15) is 0 Å². The number of aryl methyl sites for hydroxylation is 3. The molecule has 3 rings (SSSR count). The zero-order valence-electron chi connectivity index (χ0n) is 15.9. The van der Waals surface area contributed by atoms with Gasteiger partial charge in [-0.2, -0.15) is 4.31 Å². The first-order valence-corrected chi connectivity index (χ1v) is 11.4. The molecule has 0 atom stereocenters. The molecule has 146 valence electrons. The molecule has 1 aromatic carbocycles. The lowest BCUT2D eigenvalue weighted by atomic mass is 10.1. The van der Waals surface area contributed by atoms with Crippen LogP contribution in [0.15, 0.2) is 28.5 Å². The Morgan fingerprint density at radius 1 is 1.15 bits per heavy atom. The highest BCUT2D eigenvalue weighted by Gasteiger charge is 2.30. The van der Waals surface area contributed by atoms with Gasteiger partial charge in [-0.3, -0.25) is 4.79 Å². The van der Waals surface area contributed by atoms with E-state index in [0.29, 0.717) is 31.1 Å². The van der Waals surface area contributed by atoms with Crippen LogP contribution in [0.1, 0.15) is 28.8 Å². The number of aromatic nitrogens is 1. The summed E-state index contributed by atoms with van der Waals surface area (Å²) in [5, 5.41) is 2.96. The molecule has 0 spiro atoms. The van der Waals surface area contributed by atoms with Gasteiger partial charge in [0.25, 0.3) is 0 Å². The molecule has 1 aliphatic rings. The highest BCUT2D eigenvalue weighted by atomic mass is 32.2. The monoisotopic (exact) mass is 407 g/mol. The predicted molar refractivity (Wildman–Crippen MR) is 106 cm³/mol. The molecule has 0 saturated carbocycles. The van der Waals surface area contributed by atoms with Gasteiger partial charge < -0.3 is 4.90 Å². The molecule has 1 saturated heterocycles. The molecule has 27 heavy (non-hydrogen) atoms. The number of thiazole rings is 1. The van der Waals surface area contributed by atoms with Gasteiger partial charge in [0.2, 0.25) is 15.9 Å². The molecule has 1 aliphatic heterocycles. The third-order valence-electron chi connectivity index (χ3n) is 4.94. The van der Waals surface area contributed by atoms with E-state index in [4.69, 9.17) is 0 Å². The maximum Gasteiger partial charge on any atom is 0.243 e. The summed E-state index contributed by atoms with van der Waals surface area (Å²) >= 11 is 1.57.